The molecule has 6 aromatic carbocycles. The van der Waals surface area contributed by atoms with Gasteiger partial charge in [-0.25, -0.2) is 4.98 Å². The lowest BCUT2D eigenvalue weighted by Crippen LogP contribution is -2.11. The molecule has 0 amide bonds. The molecular weight excluding hydrogens is 731 g/mol. The molecule has 0 unspecified atom stereocenters. The molecule has 0 aliphatic rings. The fraction of sp³-hybridized carbons (Fsp3) is 0.250. The molecule has 4 heteroatoms. The fourth-order valence-corrected chi connectivity index (χ4v) is 8.10. The lowest BCUT2D eigenvalue weighted by molar-refractivity contribution is 0.472. The van der Waals surface area contributed by atoms with Crippen LogP contribution in [-0.2, 0) is 10.8 Å². The third-order valence-electron chi connectivity index (χ3n) is 11.6. The largest absolute Gasteiger partial charge is 0.507 e. The Balaban J connectivity index is 1.38. The third kappa shape index (κ3) is 7.79. The number of fused-ring (bicyclic) bond motifs is 1. The number of aromatic nitrogens is 3. The zero-order valence-electron chi connectivity index (χ0n) is 40.5. The summed E-state index contributed by atoms with van der Waals surface area (Å²) in [6, 6.07) is 43.0. The number of rotatable bonds is 7. The topological polar surface area (TPSA) is 50.9 Å². The zero-order chi connectivity index (χ0) is 46.1. The maximum absolute atomic E-state index is 11.8. The van der Waals surface area contributed by atoms with Crippen molar-refractivity contribution in [2.75, 3.05) is 0 Å². The van der Waals surface area contributed by atoms with Crippen LogP contribution in [0.2, 0.25) is 0 Å². The molecule has 0 radical (unpaired) electrons. The molecule has 0 saturated heterocycles. The normalized spacial score (nSPS) is 13.5. The molecule has 2 heterocycles. The van der Waals surface area contributed by atoms with Gasteiger partial charge in [-0.15, -0.1) is 0 Å². The quantitative estimate of drug-likeness (QED) is 0.175. The molecule has 0 aliphatic heterocycles. The number of hydrogen-bond donors (Lipinski definition) is 1. The van der Waals surface area contributed by atoms with Crippen LogP contribution in [0.4, 0.5) is 0 Å². The van der Waals surface area contributed by atoms with Crippen LogP contribution in [-0.4, -0.2) is 19.6 Å². The first-order valence-electron chi connectivity index (χ1n) is 22.8. The molecule has 0 bridgehead atoms. The molecule has 302 valence electrons. The summed E-state index contributed by atoms with van der Waals surface area (Å²) >= 11 is 0. The molecule has 0 saturated carbocycles. The van der Waals surface area contributed by atoms with Crippen molar-refractivity contribution >= 4 is 11.0 Å². The summed E-state index contributed by atoms with van der Waals surface area (Å²) in [5.41, 5.74) is 15.8. The summed E-state index contributed by atoms with van der Waals surface area (Å²) < 4.78 is 34.7. The number of aromatic hydroxyl groups is 1. The SMILES string of the molecule is [2H]C([2H])([2H])c1ccc(-c2ccnc(-c3cc(-c4cccc5c4nc(-c4cc(C)cc(C)c4O)n5-c4ccc(C([2H])(C)C)cc4-c4ccc(C(C)(C)C)cc4)cc(C(C)(C)C)c3)c2)cc1. The molecule has 1 N–H and O–H groups in total. The third-order valence-corrected chi connectivity index (χ3v) is 11.6. The number of pyridine rings is 1. The first-order chi connectivity index (χ1) is 30.0. The lowest BCUT2D eigenvalue weighted by atomic mass is 9.83. The van der Waals surface area contributed by atoms with E-state index in [1.807, 2.05) is 64.1 Å². The minimum absolute atomic E-state index is 0.0186. The summed E-state index contributed by atoms with van der Waals surface area (Å²) in [7, 11) is 0. The van der Waals surface area contributed by atoms with Crippen LogP contribution in [0.25, 0.3) is 72.7 Å². The summed E-state index contributed by atoms with van der Waals surface area (Å²) in [6.07, 6.45) is 1.80. The van der Waals surface area contributed by atoms with Gasteiger partial charge in [-0.3, -0.25) is 9.55 Å². The Kier molecular flexibility index (Phi) is 9.16. The second-order valence-electron chi connectivity index (χ2n) is 18.5. The maximum atomic E-state index is 11.8. The van der Waals surface area contributed by atoms with E-state index in [9.17, 15) is 5.11 Å². The first-order valence-corrected chi connectivity index (χ1v) is 20.8. The van der Waals surface area contributed by atoms with Gasteiger partial charge in [0, 0.05) is 28.4 Å². The number of imidazole rings is 1. The summed E-state index contributed by atoms with van der Waals surface area (Å²) in [4.78, 5) is 10.4. The number of aryl methyl sites for hydroxylation is 3. The molecule has 8 aromatic rings. The number of benzene rings is 6. The molecule has 4 nitrogen and oxygen atoms in total. The number of hydrogen-bond acceptors (Lipinski definition) is 3. The van der Waals surface area contributed by atoms with Crippen molar-refractivity contribution in [3.63, 3.8) is 0 Å². The molecule has 0 fully saturated rings. The number of nitrogens with zero attached hydrogens (tertiary/aromatic N) is 3. The Bertz CT molecular complexity index is 3050. The second kappa shape index (κ2) is 15.4. The number of phenolic OH excluding ortho intramolecular Hbond substituents is 1. The maximum Gasteiger partial charge on any atom is 0.149 e. The van der Waals surface area contributed by atoms with E-state index in [1.165, 1.54) is 5.56 Å². The smallest absolute Gasteiger partial charge is 0.149 e. The average Bonchev–Trinajstić information content (AvgIpc) is 3.63. The van der Waals surface area contributed by atoms with E-state index >= 15 is 0 Å². The van der Waals surface area contributed by atoms with E-state index in [4.69, 9.17) is 15.5 Å². The van der Waals surface area contributed by atoms with Gasteiger partial charge in [0.1, 0.15) is 11.6 Å². The first kappa shape index (κ1) is 35.7. The Morgan fingerprint density at radius 3 is 2.00 bits per heavy atom. The highest BCUT2D eigenvalue weighted by Crippen LogP contribution is 2.43. The van der Waals surface area contributed by atoms with Crippen molar-refractivity contribution in [2.45, 2.75) is 92.8 Å². The number of para-hydroxylation sites is 1. The van der Waals surface area contributed by atoms with E-state index < -0.39 is 12.7 Å². The van der Waals surface area contributed by atoms with E-state index in [0.29, 0.717) is 17.0 Å². The predicted molar refractivity (Wildman–Crippen MR) is 253 cm³/mol. The fourth-order valence-electron chi connectivity index (χ4n) is 8.10. The van der Waals surface area contributed by atoms with Crippen molar-refractivity contribution in [3.05, 3.63) is 167 Å². The van der Waals surface area contributed by atoms with E-state index in [-0.39, 0.29) is 16.6 Å². The Hall–Kier alpha value is -6.26. The van der Waals surface area contributed by atoms with Gasteiger partial charge in [0.25, 0.3) is 0 Å². The van der Waals surface area contributed by atoms with Crippen LogP contribution in [0.5, 0.6) is 5.75 Å². The van der Waals surface area contributed by atoms with Gasteiger partial charge >= 0.3 is 0 Å². The minimum atomic E-state index is -2.17. The average molecular weight is 792 g/mol. The van der Waals surface area contributed by atoms with Gasteiger partial charge in [0.05, 0.1) is 28.0 Å². The Morgan fingerprint density at radius 1 is 0.617 bits per heavy atom. The second-order valence-corrected chi connectivity index (χ2v) is 18.5. The molecular formula is C56H57N3O. The van der Waals surface area contributed by atoms with Crippen LogP contribution in [0, 0.1) is 20.7 Å². The summed E-state index contributed by atoms with van der Waals surface area (Å²) in [5, 5.41) is 11.8. The Labute approximate surface area is 362 Å². The van der Waals surface area contributed by atoms with Gasteiger partial charge in [-0.05, 0) is 136 Å². The highest BCUT2D eigenvalue weighted by molar-refractivity contribution is 5.98. The van der Waals surface area contributed by atoms with E-state index in [2.05, 4.69) is 125 Å². The van der Waals surface area contributed by atoms with Gasteiger partial charge < -0.3 is 5.11 Å². The zero-order valence-corrected chi connectivity index (χ0v) is 36.5. The predicted octanol–water partition coefficient (Wildman–Crippen LogP) is 15.1. The van der Waals surface area contributed by atoms with Crippen molar-refractivity contribution in [3.8, 4) is 67.5 Å². The molecule has 2 aromatic heterocycles. The highest BCUT2D eigenvalue weighted by atomic mass is 16.3. The van der Waals surface area contributed by atoms with E-state index in [1.54, 1.807) is 18.3 Å². The monoisotopic (exact) mass is 791 g/mol. The van der Waals surface area contributed by atoms with Gasteiger partial charge in [-0.1, -0.05) is 140 Å². The standard InChI is InChI=1S/C56H57N3O/c1-34(2)40-21-24-50(47(32-40)39-19-22-44(23-20-39)55(6,7)8)59-51-14-12-13-46(52(51)58-54(59)48-28-36(4)27-37(5)53(48)60)42-29-43(31-45(30-42)56(9,10)11)49-33-41(25-26-57-49)38-17-15-35(3)16-18-38/h12-34,60H,1-11H3/i3D3,34D. The summed E-state index contributed by atoms with van der Waals surface area (Å²) in [5.74, 6) is -0.0468. The Morgan fingerprint density at radius 2 is 1.32 bits per heavy atom. The molecule has 8 rings (SSSR count). The van der Waals surface area contributed by atoms with Crippen LogP contribution < -0.4 is 0 Å². The van der Waals surface area contributed by atoms with E-state index in [0.717, 1.165) is 83.6 Å². The van der Waals surface area contributed by atoms with Crippen LogP contribution in [0.1, 0.15) is 100 Å². The molecule has 60 heavy (non-hydrogen) atoms. The van der Waals surface area contributed by atoms with Crippen LogP contribution >= 0.6 is 0 Å². The van der Waals surface area contributed by atoms with Crippen molar-refractivity contribution < 1.29 is 10.6 Å². The summed E-state index contributed by atoms with van der Waals surface area (Å²) in [6.45, 7) is 18.9. The van der Waals surface area contributed by atoms with Crippen molar-refractivity contribution in [1.29, 1.82) is 0 Å². The van der Waals surface area contributed by atoms with Gasteiger partial charge in [0.15, 0.2) is 0 Å². The molecule has 0 aliphatic carbocycles. The minimum Gasteiger partial charge on any atom is -0.507 e. The lowest BCUT2D eigenvalue weighted by Gasteiger charge is -2.22. The highest BCUT2D eigenvalue weighted by Gasteiger charge is 2.25. The van der Waals surface area contributed by atoms with Gasteiger partial charge in [0.2, 0.25) is 0 Å². The van der Waals surface area contributed by atoms with Gasteiger partial charge in [-0.2, -0.15) is 0 Å². The van der Waals surface area contributed by atoms with Crippen molar-refractivity contribution in [1.82, 2.24) is 14.5 Å². The number of phenols is 1. The van der Waals surface area contributed by atoms with Crippen molar-refractivity contribution in [2.24, 2.45) is 0 Å². The molecule has 0 atom stereocenters. The molecule has 0 spiro atoms. The van der Waals surface area contributed by atoms with Crippen LogP contribution in [0.3, 0.4) is 0 Å². The van der Waals surface area contributed by atoms with Crippen LogP contribution in [0.15, 0.2) is 134 Å².